The summed E-state index contributed by atoms with van der Waals surface area (Å²) in [5.41, 5.74) is 0. The first kappa shape index (κ1) is 13.9. The normalized spacial score (nSPS) is 27.2. The highest BCUT2D eigenvalue weighted by molar-refractivity contribution is 7.89. The van der Waals surface area contributed by atoms with Crippen molar-refractivity contribution < 1.29 is 13.2 Å². The van der Waals surface area contributed by atoms with Gasteiger partial charge >= 0.3 is 0 Å². The van der Waals surface area contributed by atoms with Crippen LogP contribution in [-0.4, -0.2) is 57.9 Å². The molecular weight excluding hydrogens is 228 g/mol. The first-order valence-electron chi connectivity index (χ1n) is 5.77. The molecule has 1 rings (SSSR count). The first-order chi connectivity index (χ1) is 7.58. The summed E-state index contributed by atoms with van der Waals surface area (Å²) in [6.07, 6.45) is 1.44. The van der Waals surface area contributed by atoms with Crippen molar-refractivity contribution in [2.24, 2.45) is 0 Å². The number of nitrogens with zero attached hydrogens (tertiary/aromatic N) is 1. The molecule has 0 spiro atoms. The molecule has 1 aliphatic rings. The van der Waals surface area contributed by atoms with Gasteiger partial charge in [-0.05, 0) is 26.3 Å². The molecule has 0 saturated carbocycles. The van der Waals surface area contributed by atoms with Crippen LogP contribution < -0.4 is 5.32 Å². The molecule has 0 aromatic rings. The van der Waals surface area contributed by atoms with Crippen LogP contribution in [0.2, 0.25) is 0 Å². The third-order valence-electron chi connectivity index (χ3n) is 2.77. The molecule has 0 aromatic carbocycles. The quantitative estimate of drug-likeness (QED) is 0.716. The summed E-state index contributed by atoms with van der Waals surface area (Å²) in [5, 5.41) is 3.26. The third-order valence-corrected chi connectivity index (χ3v) is 4.83. The van der Waals surface area contributed by atoms with E-state index in [4.69, 9.17) is 4.74 Å². The van der Waals surface area contributed by atoms with Gasteiger partial charge in [0.05, 0.1) is 5.75 Å². The van der Waals surface area contributed by atoms with Crippen molar-refractivity contribution in [2.75, 3.05) is 39.1 Å². The highest BCUT2D eigenvalue weighted by atomic mass is 32.2. The number of methoxy groups -OCH3 is 1. The van der Waals surface area contributed by atoms with Crippen LogP contribution in [0.3, 0.4) is 0 Å². The lowest BCUT2D eigenvalue weighted by atomic mass is 10.3. The van der Waals surface area contributed by atoms with Crippen LogP contribution in [-0.2, 0) is 14.8 Å². The van der Waals surface area contributed by atoms with Gasteiger partial charge in [-0.1, -0.05) is 0 Å². The van der Waals surface area contributed by atoms with Crippen LogP contribution in [0.1, 0.15) is 19.8 Å². The Morgan fingerprint density at radius 1 is 1.50 bits per heavy atom. The molecule has 5 nitrogen and oxygen atoms in total. The summed E-state index contributed by atoms with van der Waals surface area (Å²) in [5.74, 6) is 0.247. The maximum absolute atomic E-state index is 12.0. The van der Waals surface area contributed by atoms with Crippen LogP contribution in [0.4, 0.5) is 0 Å². The van der Waals surface area contributed by atoms with Crippen LogP contribution in [0.5, 0.6) is 0 Å². The van der Waals surface area contributed by atoms with Gasteiger partial charge in [-0.3, -0.25) is 0 Å². The minimum Gasteiger partial charge on any atom is -0.385 e. The van der Waals surface area contributed by atoms with E-state index in [0.29, 0.717) is 19.6 Å². The van der Waals surface area contributed by atoms with E-state index in [-0.39, 0.29) is 11.8 Å². The number of hydrogen-bond donors (Lipinski definition) is 1. The van der Waals surface area contributed by atoms with Gasteiger partial charge in [-0.15, -0.1) is 0 Å². The smallest absolute Gasteiger partial charge is 0.214 e. The van der Waals surface area contributed by atoms with Crippen molar-refractivity contribution in [3.05, 3.63) is 0 Å². The molecule has 1 fully saturated rings. The molecule has 1 atom stereocenters. The summed E-state index contributed by atoms with van der Waals surface area (Å²) in [4.78, 5) is 0. The molecule has 0 aliphatic carbocycles. The molecular formula is C10H22N2O3S. The second-order valence-electron chi connectivity index (χ2n) is 4.18. The lowest BCUT2D eigenvalue weighted by molar-refractivity contribution is 0.182. The van der Waals surface area contributed by atoms with Crippen LogP contribution in [0, 0.1) is 0 Å². The van der Waals surface area contributed by atoms with E-state index in [1.165, 1.54) is 0 Å². The fraction of sp³-hybridized carbons (Fsp3) is 1.00. The van der Waals surface area contributed by atoms with Gasteiger partial charge in [-0.2, -0.15) is 4.31 Å². The summed E-state index contributed by atoms with van der Waals surface area (Å²) >= 11 is 0. The van der Waals surface area contributed by atoms with Gasteiger partial charge in [0.1, 0.15) is 0 Å². The average Bonchev–Trinajstić information content (AvgIpc) is 2.21. The molecule has 0 amide bonds. The molecule has 1 N–H and O–H groups in total. The largest absolute Gasteiger partial charge is 0.385 e. The number of ether oxygens (including phenoxy) is 1. The molecule has 1 unspecified atom stereocenters. The van der Waals surface area contributed by atoms with Crippen molar-refractivity contribution in [3.63, 3.8) is 0 Å². The zero-order valence-corrected chi connectivity index (χ0v) is 10.9. The molecule has 0 bridgehead atoms. The number of rotatable bonds is 4. The number of sulfonamides is 1. The maximum Gasteiger partial charge on any atom is 0.214 e. The topological polar surface area (TPSA) is 58.6 Å². The minimum absolute atomic E-state index is 0.0298. The standard InChI is InChI=1S/C10H22N2O3S/c1-10-9-11-5-3-8-16(13,14)12(10)6-4-7-15-2/h10-11H,3-9H2,1-2H3. The monoisotopic (exact) mass is 250 g/mol. The van der Waals surface area contributed by atoms with Crippen molar-refractivity contribution in [1.29, 1.82) is 0 Å². The van der Waals surface area contributed by atoms with Crippen molar-refractivity contribution in [2.45, 2.75) is 25.8 Å². The van der Waals surface area contributed by atoms with E-state index < -0.39 is 10.0 Å². The van der Waals surface area contributed by atoms with Crippen LogP contribution >= 0.6 is 0 Å². The Kier molecular flexibility index (Phi) is 5.68. The summed E-state index contributed by atoms with van der Waals surface area (Å²) in [6.45, 7) is 4.62. The van der Waals surface area contributed by atoms with E-state index in [2.05, 4.69) is 5.32 Å². The summed E-state index contributed by atoms with van der Waals surface area (Å²) in [6, 6.07) is 0.0298. The zero-order valence-electron chi connectivity index (χ0n) is 10.1. The van der Waals surface area contributed by atoms with Crippen LogP contribution in [0.25, 0.3) is 0 Å². The molecule has 6 heteroatoms. The molecule has 1 saturated heterocycles. The lowest BCUT2D eigenvalue weighted by Gasteiger charge is -2.30. The molecule has 0 radical (unpaired) electrons. The second kappa shape index (κ2) is 6.54. The first-order valence-corrected chi connectivity index (χ1v) is 7.38. The van der Waals surface area contributed by atoms with Gasteiger partial charge in [0.15, 0.2) is 0 Å². The van der Waals surface area contributed by atoms with E-state index >= 15 is 0 Å². The lowest BCUT2D eigenvalue weighted by Crippen LogP contribution is -2.48. The van der Waals surface area contributed by atoms with Crippen molar-refractivity contribution in [3.8, 4) is 0 Å². The van der Waals surface area contributed by atoms with E-state index in [1.807, 2.05) is 6.92 Å². The predicted octanol–water partition coefficient (Wildman–Crippen LogP) is 0.0365. The highest BCUT2D eigenvalue weighted by Crippen LogP contribution is 2.11. The van der Waals surface area contributed by atoms with Gasteiger partial charge in [0.25, 0.3) is 0 Å². The Morgan fingerprint density at radius 2 is 2.25 bits per heavy atom. The highest BCUT2D eigenvalue weighted by Gasteiger charge is 2.27. The van der Waals surface area contributed by atoms with Crippen molar-refractivity contribution >= 4 is 10.0 Å². The zero-order chi connectivity index (χ0) is 12.0. The third kappa shape index (κ3) is 4.01. The Morgan fingerprint density at radius 3 is 2.94 bits per heavy atom. The van der Waals surface area contributed by atoms with Gasteiger partial charge in [0.2, 0.25) is 10.0 Å². The predicted molar refractivity (Wildman–Crippen MR) is 63.9 cm³/mol. The van der Waals surface area contributed by atoms with Crippen LogP contribution in [0.15, 0.2) is 0 Å². The Bertz CT molecular complexity index is 292. The maximum atomic E-state index is 12.0. The number of hydrogen-bond acceptors (Lipinski definition) is 4. The Hall–Kier alpha value is -0.170. The fourth-order valence-electron chi connectivity index (χ4n) is 1.91. The Balaban J connectivity index is 2.63. The molecule has 96 valence electrons. The summed E-state index contributed by atoms with van der Waals surface area (Å²) in [7, 11) is -1.44. The second-order valence-corrected chi connectivity index (χ2v) is 6.22. The van der Waals surface area contributed by atoms with Gasteiger partial charge in [-0.25, -0.2) is 8.42 Å². The molecule has 1 aliphatic heterocycles. The average molecular weight is 250 g/mol. The van der Waals surface area contributed by atoms with Gasteiger partial charge in [0, 0.05) is 32.8 Å². The summed E-state index contributed by atoms with van der Waals surface area (Å²) < 4.78 is 30.6. The van der Waals surface area contributed by atoms with E-state index in [9.17, 15) is 8.42 Å². The molecule has 16 heavy (non-hydrogen) atoms. The van der Waals surface area contributed by atoms with Crippen molar-refractivity contribution in [1.82, 2.24) is 9.62 Å². The Labute approximate surface area is 98.2 Å². The van der Waals surface area contributed by atoms with E-state index in [1.54, 1.807) is 11.4 Å². The molecule has 0 aromatic heterocycles. The SMILES string of the molecule is COCCCN1C(C)CNCCCS1(=O)=O. The van der Waals surface area contributed by atoms with E-state index in [0.717, 1.165) is 19.5 Å². The molecule has 1 heterocycles. The minimum atomic E-state index is -3.08. The fourth-order valence-corrected chi connectivity index (χ4v) is 3.68. The number of nitrogens with one attached hydrogen (secondary N) is 1. The van der Waals surface area contributed by atoms with Gasteiger partial charge < -0.3 is 10.1 Å².